The van der Waals surface area contributed by atoms with Crippen LogP contribution in [-0.2, 0) is 0 Å². The van der Waals surface area contributed by atoms with Gasteiger partial charge in [0.2, 0.25) is 0 Å². The third kappa shape index (κ3) is 2.53. The van der Waals surface area contributed by atoms with E-state index in [0.717, 1.165) is 41.5 Å². The van der Waals surface area contributed by atoms with E-state index in [9.17, 15) is 5.11 Å². The van der Waals surface area contributed by atoms with Gasteiger partial charge in [-0.05, 0) is 32.0 Å². The summed E-state index contributed by atoms with van der Waals surface area (Å²) in [4.78, 5) is 9.51. The van der Waals surface area contributed by atoms with Crippen molar-refractivity contribution in [3.8, 4) is 5.75 Å². The number of fused-ring (bicyclic) bond motifs is 1. The van der Waals surface area contributed by atoms with E-state index in [1.54, 1.807) is 23.5 Å². The predicted octanol–water partition coefficient (Wildman–Crippen LogP) is 2.53. The molecule has 4 nitrogen and oxygen atoms in total. The Morgan fingerprint density at radius 2 is 1.95 bits per heavy atom. The van der Waals surface area contributed by atoms with Gasteiger partial charge in [0.1, 0.15) is 5.75 Å². The molecule has 1 saturated heterocycles. The van der Waals surface area contributed by atoms with Gasteiger partial charge in [0.15, 0.2) is 5.13 Å². The molecule has 0 aliphatic carbocycles. The lowest BCUT2D eigenvalue weighted by atomic mass is 10.2. The zero-order valence-corrected chi connectivity index (χ0v) is 12.2. The van der Waals surface area contributed by atoms with Gasteiger partial charge in [-0.15, -0.1) is 0 Å². The summed E-state index contributed by atoms with van der Waals surface area (Å²) in [7, 11) is 0. The molecule has 1 aromatic carbocycles. The maximum atomic E-state index is 9.50. The maximum absolute atomic E-state index is 9.50. The summed E-state index contributed by atoms with van der Waals surface area (Å²) < 4.78 is 1.06. The molecule has 2 heterocycles. The average molecular weight is 277 g/mol. The zero-order valence-electron chi connectivity index (χ0n) is 11.3. The normalized spacial score (nSPS) is 17.5. The molecule has 1 aromatic heterocycles. The second kappa shape index (κ2) is 4.98. The Labute approximate surface area is 117 Å². The molecule has 3 rings (SSSR count). The minimum absolute atomic E-state index is 0.312. The molecule has 0 unspecified atom stereocenters. The first kappa shape index (κ1) is 12.7. The van der Waals surface area contributed by atoms with Crippen molar-refractivity contribution in [2.24, 2.45) is 0 Å². The minimum Gasteiger partial charge on any atom is -0.508 e. The lowest BCUT2D eigenvalue weighted by Crippen LogP contribution is -2.48. The van der Waals surface area contributed by atoms with Crippen molar-refractivity contribution < 1.29 is 5.11 Å². The molecule has 19 heavy (non-hydrogen) atoms. The Kier molecular flexibility index (Phi) is 3.33. The molecule has 0 atom stereocenters. The highest BCUT2D eigenvalue weighted by molar-refractivity contribution is 7.22. The van der Waals surface area contributed by atoms with Crippen LogP contribution < -0.4 is 4.90 Å². The lowest BCUT2D eigenvalue weighted by Gasteiger charge is -2.36. The van der Waals surface area contributed by atoms with Crippen LogP contribution in [0.25, 0.3) is 10.2 Å². The smallest absolute Gasteiger partial charge is 0.186 e. The second-order valence-electron chi connectivity index (χ2n) is 5.27. The standard InChI is InChI=1S/C14H19N3OS/c1-10(2)16-5-7-17(8-6-16)14-15-12-4-3-11(18)9-13(12)19-14/h3-4,9-10,18H,5-8H2,1-2H3. The van der Waals surface area contributed by atoms with Crippen molar-refractivity contribution in [2.75, 3.05) is 31.1 Å². The summed E-state index contributed by atoms with van der Waals surface area (Å²) in [5.41, 5.74) is 0.976. The van der Waals surface area contributed by atoms with E-state index in [4.69, 9.17) is 0 Å². The van der Waals surface area contributed by atoms with Crippen molar-refractivity contribution in [1.82, 2.24) is 9.88 Å². The highest BCUT2D eigenvalue weighted by Crippen LogP contribution is 2.31. The van der Waals surface area contributed by atoms with Gasteiger partial charge in [0.05, 0.1) is 10.2 Å². The van der Waals surface area contributed by atoms with Gasteiger partial charge in [-0.25, -0.2) is 4.98 Å². The summed E-state index contributed by atoms with van der Waals surface area (Å²) in [5, 5.41) is 10.6. The number of benzene rings is 1. The van der Waals surface area contributed by atoms with E-state index in [1.807, 2.05) is 6.07 Å². The summed E-state index contributed by atoms with van der Waals surface area (Å²) in [6.45, 7) is 8.75. The van der Waals surface area contributed by atoms with Gasteiger partial charge in [-0.1, -0.05) is 11.3 Å². The molecule has 102 valence electrons. The van der Waals surface area contributed by atoms with E-state index in [0.29, 0.717) is 11.8 Å². The number of phenols is 1. The molecule has 0 radical (unpaired) electrons. The number of aromatic hydroxyl groups is 1. The maximum Gasteiger partial charge on any atom is 0.186 e. The van der Waals surface area contributed by atoms with Gasteiger partial charge in [-0.2, -0.15) is 0 Å². The van der Waals surface area contributed by atoms with E-state index >= 15 is 0 Å². The number of hydrogen-bond donors (Lipinski definition) is 1. The van der Waals surface area contributed by atoms with E-state index < -0.39 is 0 Å². The van der Waals surface area contributed by atoms with Crippen LogP contribution in [-0.4, -0.2) is 47.2 Å². The highest BCUT2D eigenvalue weighted by Gasteiger charge is 2.21. The van der Waals surface area contributed by atoms with Gasteiger partial charge >= 0.3 is 0 Å². The van der Waals surface area contributed by atoms with Gasteiger partial charge in [0.25, 0.3) is 0 Å². The molecule has 1 aliphatic rings. The molecule has 2 aromatic rings. The number of rotatable bonds is 2. The fourth-order valence-corrected chi connectivity index (χ4v) is 3.52. The van der Waals surface area contributed by atoms with Gasteiger partial charge in [0, 0.05) is 32.2 Å². The quantitative estimate of drug-likeness (QED) is 0.915. The molecule has 1 aliphatic heterocycles. The molecule has 0 bridgehead atoms. The molecule has 0 amide bonds. The van der Waals surface area contributed by atoms with Crippen LogP contribution >= 0.6 is 11.3 Å². The van der Waals surface area contributed by atoms with Crippen molar-refractivity contribution in [1.29, 1.82) is 0 Å². The van der Waals surface area contributed by atoms with Crippen LogP contribution in [0.15, 0.2) is 18.2 Å². The number of thiazole rings is 1. The van der Waals surface area contributed by atoms with Gasteiger partial charge < -0.3 is 10.0 Å². The Morgan fingerprint density at radius 3 is 2.63 bits per heavy atom. The third-order valence-electron chi connectivity index (χ3n) is 3.68. The van der Waals surface area contributed by atoms with Crippen molar-refractivity contribution in [3.63, 3.8) is 0 Å². The first-order valence-corrected chi connectivity index (χ1v) is 7.54. The largest absolute Gasteiger partial charge is 0.508 e. The Morgan fingerprint density at radius 1 is 1.21 bits per heavy atom. The number of anilines is 1. The molecule has 0 saturated carbocycles. The summed E-state index contributed by atoms with van der Waals surface area (Å²) in [5.74, 6) is 0.312. The van der Waals surface area contributed by atoms with Crippen LogP contribution in [0.1, 0.15) is 13.8 Å². The van der Waals surface area contributed by atoms with E-state index in [2.05, 4.69) is 28.6 Å². The monoisotopic (exact) mass is 277 g/mol. The molecular formula is C14H19N3OS. The molecule has 1 N–H and O–H groups in total. The second-order valence-corrected chi connectivity index (χ2v) is 6.27. The molecule has 5 heteroatoms. The fraction of sp³-hybridized carbons (Fsp3) is 0.500. The van der Waals surface area contributed by atoms with Crippen LogP contribution in [0, 0.1) is 0 Å². The van der Waals surface area contributed by atoms with Crippen molar-refractivity contribution in [3.05, 3.63) is 18.2 Å². The lowest BCUT2D eigenvalue weighted by molar-refractivity contribution is 0.209. The number of piperazine rings is 1. The van der Waals surface area contributed by atoms with E-state index in [1.165, 1.54) is 0 Å². The number of phenolic OH excluding ortho intramolecular Hbond substituents is 1. The Bertz CT molecular complexity index is 573. The third-order valence-corrected chi connectivity index (χ3v) is 4.75. The first-order chi connectivity index (χ1) is 9.13. The summed E-state index contributed by atoms with van der Waals surface area (Å²) in [6, 6.07) is 5.99. The topological polar surface area (TPSA) is 39.6 Å². The average Bonchev–Trinajstić information content (AvgIpc) is 2.81. The highest BCUT2D eigenvalue weighted by atomic mass is 32.1. The molecular weight excluding hydrogens is 258 g/mol. The number of nitrogens with zero attached hydrogens (tertiary/aromatic N) is 3. The number of aromatic nitrogens is 1. The minimum atomic E-state index is 0.312. The summed E-state index contributed by atoms with van der Waals surface area (Å²) in [6.07, 6.45) is 0. The summed E-state index contributed by atoms with van der Waals surface area (Å²) >= 11 is 1.66. The van der Waals surface area contributed by atoms with Crippen molar-refractivity contribution in [2.45, 2.75) is 19.9 Å². The Hall–Kier alpha value is -1.33. The van der Waals surface area contributed by atoms with Crippen molar-refractivity contribution >= 4 is 26.7 Å². The Balaban J connectivity index is 1.78. The van der Waals surface area contributed by atoms with Gasteiger partial charge in [-0.3, -0.25) is 4.90 Å². The molecule has 0 spiro atoms. The van der Waals surface area contributed by atoms with Crippen LogP contribution in [0.5, 0.6) is 5.75 Å². The zero-order chi connectivity index (χ0) is 13.4. The predicted molar refractivity (Wildman–Crippen MR) is 80.2 cm³/mol. The molecule has 1 fully saturated rings. The SMILES string of the molecule is CC(C)N1CCN(c2nc3ccc(O)cc3s2)CC1. The van der Waals surface area contributed by atoms with Crippen LogP contribution in [0.3, 0.4) is 0 Å². The fourth-order valence-electron chi connectivity index (χ4n) is 2.47. The van der Waals surface area contributed by atoms with Crippen LogP contribution in [0.2, 0.25) is 0 Å². The first-order valence-electron chi connectivity index (χ1n) is 6.72. The number of hydrogen-bond acceptors (Lipinski definition) is 5. The van der Waals surface area contributed by atoms with Crippen LogP contribution in [0.4, 0.5) is 5.13 Å². The van der Waals surface area contributed by atoms with E-state index in [-0.39, 0.29) is 0 Å².